The molecule has 0 aliphatic carbocycles. The van der Waals surface area contributed by atoms with Crippen LogP contribution in [0.5, 0.6) is 11.5 Å². The number of nitrogens with one attached hydrogen (secondary N) is 4. The van der Waals surface area contributed by atoms with Gasteiger partial charge >= 0.3 is 0 Å². The Morgan fingerprint density at radius 2 is 1.56 bits per heavy atom. The first-order chi connectivity index (χ1) is 20.9. The molecule has 4 N–H and O–H groups in total. The van der Waals surface area contributed by atoms with Gasteiger partial charge < -0.3 is 30.1 Å². The number of rotatable bonds is 12. The highest BCUT2D eigenvalue weighted by molar-refractivity contribution is 8.00. The van der Waals surface area contributed by atoms with Gasteiger partial charge in [0.1, 0.15) is 11.5 Å². The summed E-state index contributed by atoms with van der Waals surface area (Å²) in [6, 6.07) is 26.6. The van der Waals surface area contributed by atoms with Gasteiger partial charge in [0.25, 0.3) is 0 Å². The molecule has 5 aromatic rings. The second-order valence-electron chi connectivity index (χ2n) is 9.60. The Kier molecular flexibility index (Phi) is 9.83. The predicted octanol–water partition coefficient (Wildman–Crippen LogP) is 7.20. The van der Waals surface area contributed by atoms with Gasteiger partial charge in [0, 0.05) is 46.0 Å². The van der Waals surface area contributed by atoms with Crippen molar-refractivity contribution in [1.82, 2.24) is 15.3 Å². The Morgan fingerprint density at radius 3 is 2.26 bits per heavy atom. The number of anilines is 4. The van der Waals surface area contributed by atoms with Crippen molar-refractivity contribution in [1.29, 1.82) is 0 Å². The summed E-state index contributed by atoms with van der Waals surface area (Å²) in [4.78, 5) is 23.1. The first-order valence-corrected chi connectivity index (χ1v) is 14.6. The van der Waals surface area contributed by atoms with Gasteiger partial charge in [-0.1, -0.05) is 41.9 Å². The summed E-state index contributed by atoms with van der Waals surface area (Å²) in [5, 5.41) is 10.2. The average molecular weight is 615 g/mol. The van der Waals surface area contributed by atoms with Crippen LogP contribution in [-0.4, -0.2) is 36.6 Å². The van der Waals surface area contributed by atoms with Gasteiger partial charge in [-0.2, -0.15) is 0 Å². The highest BCUT2D eigenvalue weighted by Gasteiger charge is 2.12. The van der Waals surface area contributed by atoms with Crippen molar-refractivity contribution in [3.63, 3.8) is 0 Å². The molecule has 0 saturated heterocycles. The third-order valence-corrected chi connectivity index (χ3v) is 7.61. The van der Waals surface area contributed by atoms with Crippen molar-refractivity contribution in [2.75, 3.05) is 36.1 Å². The number of carbonyl (C=O) groups is 1. The molecule has 220 valence electrons. The van der Waals surface area contributed by atoms with E-state index < -0.39 is 0 Å². The fraction of sp³-hybridized carbons (Fsp3) is 0.156. The fourth-order valence-electron chi connectivity index (χ4n) is 4.19. The number of methoxy groups -OCH3 is 2. The second kappa shape index (κ2) is 14.1. The Bertz CT molecular complexity index is 1730. The number of aromatic nitrogens is 2. The van der Waals surface area contributed by atoms with Crippen molar-refractivity contribution in [2.24, 2.45) is 0 Å². The Hall–Kier alpha value is -4.51. The molecule has 9 nitrogen and oxygen atoms in total. The fourth-order valence-corrected chi connectivity index (χ4v) is 5.08. The highest BCUT2D eigenvalue weighted by Crippen LogP contribution is 2.32. The summed E-state index contributed by atoms with van der Waals surface area (Å²) in [6.07, 6.45) is 0. The van der Waals surface area contributed by atoms with Crippen LogP contribution in [0.2, 0.25) is 5.02 Å². The number of benzene rings is 4. The van der Waals surface area contributed by atoms with Crippen LogP contribution in [-0.2, 0) is 11.3 Å². The smallest absolute Gasteiger partial charge is 0.238 e. The number of aryl methyl sites for hydroxylation is 1. The lowest BCUT2D eigenvalue weighted by molar-refractivity contribution is -0.115. The van der Waals surface area contributed by atoms with Gasteiger partial charge in [-0.25, -0.2) is 9.97 Å². The summed E-state index contributed by atoms with van der Waals surface area (Å²) in [6.45, 7) is 2.66. The molecule has 0 aliphatic heterocycles. The Morgan fingerprint density at radius 1 is 0.837 bits per heavy atom. The number of ether oxygens (including phenoxy) is 2. The summed E-state index contributed by atoms with van der Waals surface area (Å²) in [5.74, 6) is 2.22. The van der Waals surface area contributed by atoms with Crippen molar-refractivity contribution in [3.05, 3.63) is 101 Å². The van der Waals surface area contributed by atoms with Crippen molar-refractivity contribution in [2.45, 2.75) is 18.4 Å². The van der Waals surface area contributed by atoms with Crippen molar-refractivity contribution < 1.29 is 14.3 Å². The number of hydrogen-bond acceptors (Lipinski definition) is 9. The zero-order valence-electron chi connectivity index (χ0n) is 23.9. The molecule has 1 aromatic heterocycles. The van der Waals surface area contributed by atoms with E-state index in [9.17, 15) is 4.79 Å². The molecular weight excluding hydrogens is 584 g/mol. The molecule has 4 aromatic carbocycles. The molecule has 11 heteroatoms. The summed E-state index contributed by atoms with van der Waals surface area (Å²) >= 11 is 7.56. The van der Waals surface area contributed by atoms with E-state index in [1.807, 2.05) is 85.8 Å². The Labute approximate surface area is 259 Å². The van der Waals surface area contributed by atoms with Gasteiger partial charge in [-0.05, 0) is 66.4 Å². The lowest BCUT2D eigenvalue weighted by Crippen LogP contribution is -2.27. The molecule has 0 saturated carbocycles. The van der Waals surface area contributed by atoms with Crippen LogP contribution in [0.4, 0.5) is 23.0 Å². The number of nitrogens with zero attached hydrogens (tertiary/aromatic N) is 2. The normalized spacial score (nSPS) is 10.8. The zero-order valence-corrected chi connectivity index (χ0v) is 25.5. The molecule has 5 rings (SSSR count). The molecule has 0 aliphatic rings. The lowest BCUT2D eigenvalue weighted by Gasteiger charge is -2.15. The molecule has 0 bridgehead atoms. The minimum Gasteiger partial charge on any atom is -0.497 e. The van der Waals surface area contributed by atoms with Crippen LogP contribution in [0.25, 0.3) is 11.0 Å². The molecule has 0 spiro atoms. The maximum atomic E-state index is 12.6. The summed E-state index contributed by atoms with van der Waals surface area (Å²) < 4.78 is 14.2. The molecule has 0 unspecified atom stereocenters. The molecule has 0 atom stereocenters. The first kappa shape index (κ1) is 30.0. The van der Waals surface area contributed by atoms with Gasteiger partial charge in [-0.15, -0.1) is 0 Å². The van der Waals surface area contributed by atoms with E-state index in [0.29, 0.717) is 40.4 Å². The maximum absolute atomic E-state index is 12.6. The molecule has 1 heterocycles. The lowest BCUT2D eigenvalue weighted by atomic mass is 10.1. The van der Waals surface area contributed by atoms with Crippen LogP contribution in [0.1, 0.15) is 11.1 Å². The molecule has 43 heavy (non-hydrogen) atoms. The first-order valence-electron chi connectivity index (χ1n) is 13.5. The van der Waals surface area contributed by atoms with E-state index >= 15 is 0 Å². The third kappa shape index (κ3) is 8.07. The van der Waals surface area contributed by atoms with Crippen molar-refractivity contribution >= 4 is 63.5 Å². The minimum atomic E-state index is -0.145. The zero-order chi connectivity index (χ0) is 30.2. The monoisotopic (exact) mass is 614 g/mol. The van der Waals surface area contributed by atoms with E-state index in [4.69, 9.17) is 31.0 Å². The number of para-hydroxylation sites is 2. The summed E-state index contributed by atoms with van der Waals surface area (Å²) in [7, 11) is 3.21. The highest BCUT2D eigenvalue weighted by atomic mass is 35.5. The topological polar surface area (TPSA) is 109 Å². The van der Waals surface area contributed by atoms with Crippen LogP contribution in [0, 0.1) is 6.92 Å². The standard InChI is InChI=1S/C32H31ClN6O3S/c1-20-11-12-21(13-27(20)33)18-34-19-30(40)35-22-7-6-8-26(16-22)43-39-32-31(37-28-9-4-5-10-29(28)38-32)36-23-14-24(41-2)17-25(15-23)42-3/h4-17,34H,18-19H2,1-3H3,(H,35,40)(H,36,37)(H,38,39). The minimum absolute atomic E-state index is 0.145. The van der Waals surface area contributed by atoms with Gasteiger partial charge in [-0.3, -0.25) is 4.79 Å². The number of fused-ring (bicyclic) bond motifs is 1. The quantitative estimate of drug-likeness (QED) is 0.108. The number of hydrogen-bond donors (Lipinski definition) is 4. The number of carbonyl (C=O) groups excluding carboxylic acids is 1. The SMILES string of the molecule is COc1cc(Nc2nc3ccccc3nc2NSc2cccc(NC(=O)CNCc3ccc(C)c(Cl)c3)c2)cc(OC)c1. The van der Waals surface area contributed by atoms with E-state index in [-0.39, 0.29) is 12.5 Å². The largest absolute Gasteiger partial charge is 0.497 e. The molecule has 1 amide bonds. The predicted molar refractivity (Wildman–Crippen MR) is 175 cm³/mol. The van der Waals surface area contributed by atoms with Gasteiger partial charge in [0.15, 0.2) is 11.6 Å². The van der Waals surface area contributed by atoms with E-state index in [0.717, 1.165) is 32.7 Å². The second-order valence-corrected chi connectivity index (χ2v) is 10.9. The molecule has 0 radical (unpaired) electrons. The van der Waals surface area contributed by atoms with Crippen LogP contribution in [0.15, 0.2) is 89.8 Å². The van der Waals surface area contributed by atoms with E-state index in [1.54, 1.807) is 20.3 Å². The number of halogens is 1. The third-order valence-electron chi connectivity index (χ3n) is 6.42. The van der Waals surface area contributed by atoms with Gasteiger partial charge in [0.05, 0.1) is 31.8 Å². The average Bonchev–Trinajstić information content (AvgIpc) is 3.01. The van der Waals surface area contributed by atoms with Crippen LogP contribution in [0.3, 0.4) is 0 Å². The van der Waals surface area contributed by atoms with Crippen LogP contribution < -0.4 is 30.1 Å². The maximum Gasteiger partial charge on any atom is 0.238 e. The Balaban J connectivity index is 1.25. The van der Waals surface area contributed by atoms with E-state index in [1.165, 1.54) is 11.9 Å². The van der Waals surface area contributed by atoms with Gasteiger partial charge in [0.2, 0.25) is 5.91 Å². The van der Waals surface area contributed by atoms with Crippen LogP contribution >= 0.6 is 23.5 Å². The van der Waals surface area contributed by atoms with E-state index in [2.05, 4.69) is 20.7 Å². The molecule has 0 fully saturated rings. The molecular formula is C32H31ClN6O3S. The van der Waals surface area contributed by atoms with Crippen molar-refractivity contribution in [3.8, 4) is 11.5 Å². The number of amides is 1. The summed E-state index contributed by atoms with van der Waals surface area (Å²) in [5.41, 5.74) is 4.96.